The molecule has 5 rings (SSSR count). The molecule has 186 valence electrons. The summed E-state index contributed by atoms with van der Waals surface area (Å²) in [7, 11) is 1.58. The van der Waals surface area contributed by atoms with Gasteiger partial charge < -0.3 is 19.5 Å². The molecule has 3 heterocycles. The predicted octanol–water partition coefficient (Wildman–Crippen LogP) is 3.57. The number of amides is 2. The van der Waals surface area contributed by atoms with Crippen molar-refractivity contribution >= 4 is 22.7 Å². The number of alkyl halides is 2. The number of fused-ring (bicyclic) bond motifs is 2. The molecule has 0 bridgehead atoms. The van der Waals surface area contributed by atoms with E-state index >= 15 is 0 Å². The SMILES string of the molecule is CCc1cc(F)cc2[nH]c(C(=O)N3CCn4ncc(C(=O)N(C)C5(COC(F)F)CC5)c4C3)cc12. The van der Waals surface area contributed by atoms with Gasteiger partial charge in [0.05, 0.1) is 42.7 Å². The van der Waals surface area contributed by atoms with Crippen LogP contribution < -0.4 is 0 Å². The number of likely N-dealkylation sites (N-methyl/N-ethyl adjacent to an activating group) is 1. The lowest BCUT2D eigenvalue weighted by Crippen LogP contribution is -2.44. The smallest absolute Gasteiger partial charge is 0.345 e. The number of hydrogen-bond acceptors (Lipinski definition) is 4. The number of hydrogen-bond donors (Lipinski definition) is 1. The van der Waals surface area contributed by atoms with Crippen molar-refractivity contribution in [3.63, 3.8) is 0 Å². The molecule has 0 unspecified atom stereocenters. The second kappa shape index (κ2) is 8.71. The Balaban J connectivity index is 1.36. The molecule has 0 radical (unpaired) electrons. The van der Waals surface area contributed by atoms with Gasteiger partial charge in [0, 0.05) is 24.5 Å². The summed E-state index contributed by atoms with van der Waals surface area (Å²) in [5, 5.41) is 5.10. The van der Waals surface area contributed by atoms with Crippen LogP contribution in [0.4, 0.5) is 13.2 Å². The van der Waals surface area contributed by atoms with Gasteiger partial charge >= 0.3 is 6.61 Å². The lowest BCUT2D eigenvalue weighted by molar-refractivity contribution is -0.141. The highest BCUT2D eigenvalue weighted by molar-refractivity contribution is 5.99. The number of ether oxygens (including phenoxy) is 1. The molecule has 0 spiro atoms. The van der Waals surface area contributed by atoms with Crippen molar-refractivity contribution < 1.29 is 27.5 Å². The first-order valence-electron chi connectivity index (χ1n) is 11.6. The molecule has 3 aromatic rings. The Bertz CT molecular complexity index is 1300. The van der Waals surface area contributed by atoms with E-state index in [9.17, 15) is 22.8 Å². The molecule has 35 heavy (non-hydrogen) atoms. The van der Waals surface area contributed by atoms with Crippen LogP contribution in [0.5, 0.6) is 0 Å². The lowest BCUT2D eigenvalue weighted by Gasteiger charge is -2.30. The van der Waals surface area contributed by atoms with Gasteiger partial charge in [-0.1, -0.05) is 6.92 Å². The fourth-order valence-corrected chi connectivity index (χ4v) is 4.78. The van der Waals surface area contributed by atoms with Crippen molar-refractivity contribution in [2.24, 2.45) is 0 Å². The van der Waals surface area contributed by atoms with E-state index in [2.05, 4.69) is 14.8 Å². The zero-order chi connectivity index (χ0) is 24.9. The van der Waals surface area contributed by atoms with E-state index in [1.165, 1.54) is 23.2 Å². The van der Waals surface area contributed by atoms with Crippen LogP contribution in [0, 0.1) is 5.82 Å². The first kappa shape index (κ1) is 23.4. The molecule has 1 aliphatic carbocycles. The van der Waals surface area contributed by atoms with E-state index in [0.29, 0.717) is 54.8 Å². The number of aromatic nitrogens is 3. The van der Waals surface area contributed by atoms with E-state index in [1.807, 2.05) is 6.92 Å². The zero-order valence-corrected chi connectivity index (χ0v) is 19.5. The monoisotopic (exact) mass is 489 g/mol. The number of aryl methyl sites for hydroxylation is 1. The minimum atomic E-state index is -2.89. The Hall–Kier alpha value is -3.34. The fraction of sp³-hybridized carbons (Fsp3) is 0.458. The van der Waals surface area contributed by atoms with Crippen LogP contribution in [-0.2, 0) is 24.2 Å². The standard InChI is InChI=1S/C24H26F3N5O3/c1-3-14-8-15(25)9-18-16(14)10-19(29-18)22(34)31-6-7-32-20(12-31)17(11-28-32)21(33)30(2)24(4-5-24)13-35-23(26)27/h8-11,23,29H,3-7,12-13H2,1-2H3. The maximum atomic E-state index is 13.9. The molecule has 0 atom stereocenters. The minimum Gasteiger partial charge on any atom is -0.350 e. The van der Waals surface area contributed by atoms with E-state index < -0.39 is 12.2 Å². The highest BCUT2D eigenvalue weighted by atomic mass is 19.3. The average molecular weight is 489 g/mol. The summed E-state index contributed by atoms with van der Waals surface area (Å²) in [5.74, 6) is -0.965. The van der Waals surface area contributed by atoms with Crippen LogP contribution in [0.2, 0.25) is 0 Å². The lowest BCUT2D eigenvalue weighted by atomic mass is 10.1. The van der Waals surface area contributed by atoms with Gasteiger partial charge in [0.2, 0.25) is 0 Å². The van der Waals surface area contributed by atoms with Crippen LogP contribution in [0.15, 0.2) is 24.4 Å². The van der Waals surface area contributed by atoms with E-state index in [-0.39, 0.29) is 30.8 Å². The molecule has 1 aromatic carbocycles. The third kappa shape index (κ3) is 4.18. The summed E-state index contributed by atoms with van der Waals surface area (Å²) in [6.07, 6.45) is 3.25. The van der Waals surface area contributed by atoms with Crippen molar-refractivity contribution in [1.29, 1.82) is 0 Å². The molecule has 2 aromatic heterocycles. The van der Waals surface area contributed by atoms with Gasteiger partial charge in [0.25, 0.3) is 11.8 Å². The first-order valence-corrected chi connectivity index (χ1v) is 11.6. The van der Waals surface area contributed by atoms with Crippen LogP contribution in [0.25, 0.3) is 10.9 Å². The van der Waals surface area contributed by atoms with Crippen molar-refractivity contribution in [3.05, 3.63) is 52.7 Å². The van der Waals surface area contributed by atoms with Gasteiger partial charge in [-0.3, -0.25) is 14.3 Å². The first-order chi connectivity index (χ1) is 16.7. The Morgan fingerprint density at radius 1 is 1.26 bits per heavy atom. The summed E-state index contributed by atoms with van der Waals surface area (Å²) in [4.78, 5) is 32.7. The number of nitrogens with one attached hydrogen (secondary N) is 1. The third-order valence-electron chi connectivity index (χ3n) is 7.11. The molecule has 8 nitrogen and oxygen atoms in total. The Kier molecular flexibility index (Phi) is 5.82. The maximum Gasteiger partial charge on any atom is 0.345 e. The average Bonchev–Trinajstić information content (AvgIpc) is 3.33. The van der Waals surface area contributed by atoms with Gasteiger partial charge in [-0.05, 0) is 43.0 Å². The van der Waals surface area contributed by atoms with Crippen molar-refractivity contribution in [3.8, 4) is 0 Å². The summed E-state index contributed by atoms with van der Waals surface area (Å²) in [6, 6.07) is 4.58. The number of nitrogens with zero attached hydrogens (tertiary/aromatic N) is 4. The summed E-state index contributed by atoms with van der Waals surface area (Å²) in [5.41, 5.74) is 1.89. The molecule has 1 N–H and O–H groups in total. The number of benzene rings is 1. The molecule has 2 amide bonds. The molecule has 2 aliphatic rings. The number of rotatable bonds is 7. The summed E-state index contributed by atoms with van der Waals surface area (Å²) in [6.45, 7) is -0.232. The Labute approximate surface area is 199 Å². The molecular weight excluding hydrogens is 463 g/mol. The quantitative estimate of drug-likeness (QED) is 0.550. The van der Waals surface area contributed by atoms with Crippen LogP contribution >= 0.6 is 0 Å². The Morgan fingerprint density at radius 3 is 2.71 bits per heavy atom. The zero-order valence-electron chi connectivity index (χ0n) is 19.5. The Morgan fingerprint density at radius 2 is 2.03 bits per heavy atom. The molecular formula is C24H26F3N5O3. The van der Waals surface area contributed by atoms with Gasteiger partial charge in [0.1, 0.15) is 11.5 Å². The van der Waals surface area contributed by atoms with Gasteiger partial charge in [-0.15, -0.1) is 0 Å². The minimum absolute atomic E-state index is 0.165. The normalized spacial score (nSPS) is 16.6. The molecule has 0 saturated heterocycles. The second-order valence-electron chi connectivity index (χ2n) is 9.18. The molecule has 1 saturated carbocycles. The summed E-state index contributed by atoms with van der Waals surface area (Å²) >= 11 is 0. The fourth-order valence-electron chi connectivity index (χ4n) is 4.78. The third-order valence-corrected chi connectivity index (χ3v) is 7.11. The molecule has 1 fully saturated rings. The predicted molar refractivity (Wildman–Crippen MR) is 121 cm³/mol. The van der Waals surface area contributed by atoms with Crippen molar-refractivity contribution in [2.45, 2.75) is 51.4 Å². The highest BCUT2D eigenvalue weighted by Crippen LogP contribution is 2.42. The highest BCUT2D eigenvalue weighted by Gasteiger charge is 2.50. The number of aromatic amines is 1. The van der Waals surface area contributed by atoms with E-state index in [4.69, 9.17) is 0 Å². The van der Waals surface area contributed by atoms with Crippen molar-refractivity contribution in [1.82, 2.24) is 24.6 Å². The van der Waals surface area contributed by atoms with Crippen molar-refractivity contribution in [2.75, 3.05) is 20.2 Å². The van der Waals surface area contributed by atoms with Crippen LogP contribution in [-0.4, -0.2) is 68.7 Å². The van der Waals surface area contributed by atoms with E-state index in [1.54, 1.807) is 22.7 Å². The van der Waals surface area contributed by atoms with Gasteiger partial charge in [-0.2, -0.15) is 13.9 Å². The number of carbonyl (C=O) groups excluding carboxylic acids is 2. The summed E-state index contributed by atoms with van der Waals surface area (Å²) < 4.78 is 45.2. The number of halogens is 3. The largest absolute Gasteiger partial charge is 0.350 e. The maximum absolute atomic E-state index is 13.9. The van der Waals surface area contributed by atoms with Gasteiger partial charge in [0.15, 0.2) is 0 Å². The topological polar surface area (TPSA) is 83.5 Å². The number of carbonyl (C=O) groups is 2. The molecule has 1 aliphatic heterocycles. The second-order valence-corrected chi connectivity index (χ2v) is 9.18. The van der Waals surface area contributed by atoms with E-state index in [0.717, 1.165) is 10.9 Å². The van der Waals surface area contributed by atoms with Crippen LogP contribution in [0.1, 0.15) is 51.9 Å². The number of H-pyrrole nitrogens is 1. The molecule has 11 heteroatoms. The van der Waals surface area contributed by atoms with Crippen LogP contribution in [0.3, 0.4) is 0 Å². The van der Waals surface area contributed by atoms with Gasteiger partial charge in [-0.25, -0.2) is 4.39 Å².